The highest BCUT2D eigenvalue weighted by Crippen LogP contribution is 2.51. The van der Waals surface area contributed by atoms with Crippen LogP contribution >= 0.6 is 76.3 Å². The molecule has 1 atom stereocenters. The molecule has 0 unspecified atom stereocenters. The Kier molecular flexibility index (Phi) is 4.29. The van der Waals surface area contributed by atoms with Gasteiger partial charge in [0.1, 0.15) is 19.8 Å². The molecule has 0 aliphatic carbocycles. The summed E-state index contributed by atoms with van der Waals surface area (Å²) in [6, 6.07) is 0. The molecule has 2 aromatic rings. The van der Waals surface area contributed by atoms with Crippen LogP contribution in [0.3, 0.4) is 0 Å². The van der Waals surface area contributed by atoms with Gasteiger partial charge in [-0.3, -0.25) is 9.59 Å². The van der Waals surface area contributed by atoms with Crippen molar-refractivity contribution in [1.82, 2.24) is 0 Å². The first kappa shape index (κ1) is 14.4. The SMILES string of the molecule is O=c1ssc2c1N(C[C@H](Cl)CCl)c1c(ssc1=O)S2. The first-order valence-electron chi connectivity index (χ1n) is 5.03. The fourth-order valence-corrected chi connectivity index (χ4v) is 8.39. The third-order valence-corrected chi connectivity index (χ3v) is 9.60. The van der Waals surface area contributed by atoms with E-state index in [1.165, 1.54) is 53.1 Å². The van der Waals surface area contributed by atoms with Gasteiger partial charge in [0.15, 0.2) is 0 Å². The van der Waals surface area contributed by atoms with Crippen molar-refractivity contribution in [3.8, 4) is 0 Å². The molecule has 0 amide bonds. The van der Waals surface area contributed by atoms with Gasteiger partial charge in [-0.05, 0) is 20.7 Å². The molecule has 3 nitrogen and oxygen atoms in total. The standard InChI is InChI=1S/C9H5Cl2NO2S5/c10-1-3(11)2-12-4-6(13)16-18-8(4)15-9-5(12)7(14)17-19-9/h3H,1-2H2/t3-/m1/s1. The van der Waals surface area contributed by atoms with Crippen LogP contribution in [0.4, 0.5) is 11.4 Å². The molecule has 3 rings (SSSR count). The van der Waals surface area contributed by atoms with Crippen LogP contribution in [-0.4, -0.2) is 17.8 Å². The Labute approximate surface area is 137 Å². The van der Waals surface area contributed by atoms with Crippen molar-refractivity contribution in [2.24, 2.45) is 0 Å². The van der Waals surface area contributed by atoms with Crippen molar-refractivity contribution in [3.63, 3.8) is 0 Å². The van der Waals surface area contributed by atoms with Gasteiger partial charge in [0.05, 0.1) is 5.38 Å². The summed E-state index contributed by atoms with van der Waals surface area (Å²) in [5.74, 6) is 0.277. The zero-order valence-corrected chi connectivity index (χ0v) is 14.6. The number of halogens is 2. The third kappa shape index (κ3) is 2.52. The molecule has 0 aromatic carbocycles. The summed E-state index contributed by atoms with van der Waals surface area (Å²) in [6.45, 7) is 0.378. The monoisotopic (exact) mass is 389 g/mol. The first-order chi connectivity index (χ1) is 9.11. The van der Waals surface area contributed by atoms with E-state index in [1.807, 2.05) is 0 Å². The number of rotatable bonds is 3. The van der Waals surface area contributed by atoms with Crippen LogP contribution in [0.2, 0.25) is 0 Å². The summed E-state index contributed by atoms with van der Waals surface area (Å²) >= 11 is 13.3. The summed E-state index contributed by atoms with van der Waals surface area (Å²) in [5, 5.41) is -0.306. The van der Waals surface area contributed by atoms with Gasteiger partial charge < -0.3 is 4.90 Å². The molecule has 1 aliphatic heterocycles. The highest BCUT2D eigenvalue weighted by Gasteiger charge is 2.32. The number of anilines is 2. The van der Waals surface area contributed by atoms with Crippen LogP contribution in [0, 0.1) is 0 Å². The van der Waals surface area contributed by atoms with Crippen molar-refractivity contribution < 1.29 is 0 Å². The molecular formula is C9H5Cl2NO2S5. The lowest BCUT2D eigenvalue weighted by Crippen LogP contribution is -2.32. The van der Waals surface area contributed by atoms with Crippen LogP contribution in [-0.2, 0) is 0 Å². The molecule has 0 fully saturated rings. The Morgan fingerprint density at radius 1 is 1.00 bits per heavy atom. The Hall–Kier alpha value is 0.430. The number of nitrogens with zero attached hydrogens (tertiary/aromatic N) is 1. The van der Waals surface area contributed by atoms with E-state index in [2.05, 4.69) is 0 Å². The summed E-state index contributed by atoms with van der Waals surface area (Å²) in [4.78, 5) is 25.7. The molecule has 0 N–H and O–H groups in total. The maximum absolute atomic E-state index is 12.0. The summed E-state index contributed by atoms with van der Waals surface area (Å²) in [5.41, 5.74) is 1.18. The second-order valence-corrected chi connectivity index (χ2v) is 10.3. The number of fused-ring (bicyclic) bond motifs is 2. The predicted octanol–water partition coefficient (Wildman–Crippen LogP) is 4.10. The molecule has 0 saturated heterocycles. The maximum atomic E-state index is 12.0. The van der Waals surface area contributed by atoms with Crippen LogP contribution < -0.4 is 14.4 Å². The fourth-order valence-electron chi connectivity index (χ4n) is 1.67. The van der Waals surface area contributed by atoms with E-state index >= 15 is 0 Å². The third-order valence-electron chi connectivity index (χ3n) is 2.43. The van der Waals surface area contributed by atoms with E-state index in [4.69, 9.17) is 23.2 Å². The van der Waals surface area contributed by atoms with Crippen molar-refractivity contribution in [3.05, 3.63) is 19.1 Å². The minimum atomic E-state index is -0.306. The average Bonchev–Trinajstić information content (AvgIpc) is 2.94. The van der Waals surface area contributed by atoms with Gasteiger partial charge in [0.25, 0.3) is 9.48 Å². The lowest BCUT2D eigenvalue weighted by molar-refractivity contribution is 0.883. The Balaban J connectivity index is 2.14. The molecule has 0 saturated carbocycles. The lowest BCUT2D eigenvalue weighted by Gasteiger charge is -2.27. The largest absolute Gasteiger partial charge is 0.329 e. The molecule has 19 heavy (non-hydrogen) atoms. The van der Waals surface area contributed by atoms with Crippen LogP contribution in [0.1, 0.15) is 0 Å². The summed E-state index contributed by atoms with van der Waals surface area (Å²) in [6.07, 6.45) is 0. The van der Waals surface area contributed by atoms with E-state index in [1.54, 1.807) is 4.90 Å². The van der Waals surface area contributed by atoms with Crippen molar-refractivity contribution in [1.29, 1.82) is 0 Å². The Morgan fingerprint density at radius 2 is 1.53 bits per heavy atom. The highest BCUT2D eigenvalue weighted by molar-refractivity contribution is 8.06. The van der Waals surface area contributed by atoms with Gasteiger partial charge in [-0.25, -0.2) is 0 Å². The summed E-state index contributed by atoms with van der Waals surface area (Å²) in [7, 11) is 5.28. The van der Waals surface area contributed by atoms with Gasteiger partial charge in [-0.1, -0.05) is 32.4 Å². The van der Waals surface area contributed by atoms with Crippen LogP contribution in [0.5, 0.6) is 0 Å². The van der Waals surface area contributed by atoms with Crippen LogP contribution in [0.25, 0.3) is 0 Å². The van der Waals surface area contributed by atoms with Gasteiger partial charge in [-0.15, -0.1) is 23.2 Å². The Bertz CT molecular complexity index is 663. The minimum Gasteiger partial charge on any atom is -0.329 e. The van der Waals surface area contributed by atoms with Gasteiger partial charge in [0.2, 0.25) is 0 Å². The zero-order chi connectivity index (χ0) is 13.6. The molecule has 3 heterocycles. The number of hydrogen-bond donors (Lipinski definition) is 0. The molecule has 0 spiro atoms. The molecule has 1 aliphatic rings. The Morgan fingerprint density at radius 3 is 2.00 bits per heavy atom. The molecule has 10 heteroatoms. The molecule has 0 radical (unpaired) electrons. The van der Waals surface area contributed by atoms with E-state index in [0.717, 1.165) is 8.42 Å². The molecule has 102 valence electrons. The topological polar surface area (TPSA) is 37.4 Å². The van der Waals surface area contributed by atoms with Gasteiger partial charge >= 0.3 is 0 Å². The van der Waals surface area contributed by atoms with Crippen molar-refractivity contribution >= 4 is 87.7 Å². The number of hydrogen-bond acceptors (Lipinski definition) is 8. The van der Waals surface area contributed by atoms with E-state index in [0.29, 0.717) is 17.9 Å². The summed E-state index contributed by atoms with van der Waals surface area (Å²) < 4.78 is 1.84. The predicted molar refractivity (Wildman–Crippen MR) is 88.4 cm³/mol. The number of alkyl halides is 2. The van der Waals surface area contributed by atoms with E-state index in [9.17, 15) is 9.59 Å². The average molecular weight is 390 g/mol. The van der Waals surface area contributed by atoms with E-state index in [-0.39, 0.29) is 20.7 Å². The second-order valence-electron chi connectivity index (χ2n) is 3.64. The van der Waals surface area contributed by atoms with Crippen molar-refractivity contribution in [2.75, 3.05) is 17.3 Å². The molecule has 2 aromatic heterocycles. The first-order valence-corrected chi connectivity index (χ1v) is 11.1. The fraction of sp³-hybridized carbons (Fsp3) is 0.333. The maximum Gasteiger partial charge on any atom is 0.267 e. The zero-order valence-electron chi connectivity index (χ0n) is 9.05. The van der Waals surface area contributed by atoms with Gasteiger partial charge in [0, 0.05) is 12.4 Å². The van der Waals surface area contributed by atoms with E-state index < -0.39 is 0 Å². The smallest absolute Gasteiger partial charge is 0.267 e. The second kappa shape index (κ2) is 5.67. The quantitative estimate of drug-likeness (QED) is 0.584. The normalized spacial score (nSPS) is 15.2. The van der Waals surface area contributed by atoms with Crippen LogP contribution in [0.15, 0.2) is 18.0 Å². The van der Waals surface area contributed by atoms with Gasteiger partial charge in [-0.2, -0.15) is 0 Å². The minimum absolute atomic E-state index is 0.0211. The lowest BCUT2D eigenvalue weighted by atomic mass is 10.3. The molecular weight excluding hydrogens is 385 g/mol. The molecule has 0 bridgehead atoms. The highest BCUT2D eigenvalue weighted by atomic mass is 35.5. The van der Waals surface area contributed by atoms with Crippen molar-refractivity contribution in [2.45, 2.75) is 13.8 Å².